The predicted octanol–water partition coefficient (Wildman–Crippen LogP) is 1.20. The van der Waals surface area contributed by atoms with E-state index in [1.807, 2.05) is 6.92 Å². The average molecular weight is 247 g/mol. The molecule has 0 radical (unpaired) electrons. The molecule has 5 heteroatoms. The van der Waals surface area contributed by atoms with Gasteiger partial charge < -0.3 is 5.73 Å². The van der Waals surface area contributed by atoms with E-state index in [9.17, 15) is 9.18 Å². The number of aryl methyl sites for hydroxylation is 1. The van der Waals surface area contributed by atoms with Crippen LogP contribution in [-0.2, 0) is 13.1 Å². The highest BCUT2D eigenvalue weighted by atomic mass is 19.1. The smallest absolute Gasteiger partial charge is 0.326 e. The second-order valence-corrected chi connectivity index (χ2v) is 4.17. The number of rotatable bonds is 3. The van der Waals surface area contributed by atoms with Gasteiger partial charge in [-0.15, -0.1) is 0 Å². The van der Waals surface area contributed by atoms with Gasteiger partial charge in [0.05, 0.1) is 6.54 Å². The fraction of sp³-hybridized carbons (Fsp3) is 0.231. The van der Waals surface area contributed by atoms with Crippen LogP contribution in [0.1, 0.15) is 16.7 Å². The lowest BCUT2D eigenvalue weighted by Gasteiger charge is -2.08. The van der Waals surface area contributed by atoms with Crippen LogP contribution in [0.2, 0.25) is 0 Å². The van der Waals surface area contributed by atoms with E-state index < -0.39 is 0 Å². The van der Waals surface area contributed by atoms with Crippen molar-refractivity contribution in [2.24, 2.45) is 5.73 Å². The number of nitrogens with zero attached hydrogens (tertiary/aromatic N) is 2. The summed E-state index contributed by atoms with van der Waals surface area (Å²) in [7, 11) is 0. The molecule has 94 valence electrons. The minimum absolute atomic E-state index is 0.171. The molecule has 0 fully saturated rings. The summed E-state index contributed by atoms with van der Waals surface area (Å²) in [6.45, 7) is 2.30. The average Bonchev–Trinajstić information content (AvgIpc) is 2.36. The van der Waals surface area contributed by atoms with Gasteiger partial charge in [0.1, 0.15) is 5.82 Å². The fourth-order valence-corrected chi connectivity index (χ4v) is 1.71. The standard InChI is InChI=1S/C13H14FN3O/c1-9-6-16-13(18)17(7-9)8-11-3-2-10(5-15)4-12(11)14/h2-4,6-7H,5,8,15H2,1H3. The number of halogens is 1. The Bertz CT molecular complexity index is 622. The summed E-state index contributed by atoms with van der Waals surface area (Å²) in [5.74, 6) is -0.355. The van der Waals surface area contributed by atoms with Crippen LogP contribution in [0.15, 0.2) is 35.4 Å². The molecule has 1 heterocycles. The third kappa shape index (κ3) is 2.62. The van der Waals surface area contributed by atoms with Crippen molar-refractivity contribution in [1.29, 1.82) is 0 Å². The van der Waals surface area contributed by atoms with E-state index in [1.165, 1.54) is 16.8 Å². The molecule has 2 N–H and O–H groups in total. The molecule has 1 aromatic carbocycles. The van der Waals surface area contributed by atoms with Crippen LogP contribution in [0.5, 0.6) is 0 Å². The summed E-state index contributed by atoms with van der Waals surface area (Å²) in [5, 5.41) is 0. The first-order valence-electron chi connectivity index (χ1n) is 5.60. The highest BCUT2D eigenvalue weighted by Crippen LogP contribution is 2.11. The molecule has 2 aromatic rings. The Hall–Kier alpha value is -2.01. The second-order valence-electron chi connectivity index (χ2n) is 4.17. The van der Waals surface area contributed by atoms with Crippen molar-refractivity contribution in [2.75, 3.05) is 0 Å². The van der Waals surface area contributed by atoms with E-state index in [2.05, 4.69) is 4.98 Å². The summed E-state index contributed by atoms with van der Waals surface area (Å²) in [4.78, 5) is 15.2. The van der Waals surface area contributed by atoms with Crippen LogP contribution in [0, 0.1) is 12.7 Å². The number of nitrogens with two attached hydrogens (primary N) is 1. The fourth-order valence-electron chi connectivity index (χ4n) is 1.71. The van der Waals surface area contributed by atoms with Gasteiger partial charge in [-0.2, -0.15) is 0 Å². The Morgan fingerprint density at radius 3 is 2.89 bits per heavy atom. The van der Waals surface area contributed by atoms with Crippen LogP contribution >= 0.6 is 0 Å². The molecule has 0 aliphatic rings. The van der Waals surface area contributed by atoms with Gasteiger partial charge in [0.2, 0.25) is 0 Å². The number of aromatic nitrogens is 2. The number of hydrogen-bond donors (Lipinski definition) is 1. The maximum atomic E-state index is 13.8. The van der Waals surface area contributed by atoms with Crippen molar-refractivity contribution in [3.63, 3.8) is 0 Å². The zero-order valence-electron chi connectivity index (χ0n) is 10.1. The summed E-state index contributed by atoms with van der Waals surface area (Å²) in [5.41, 5.74) is 7.08. The maximum Gasteiger partial charge on any atom is 0.347 e. The van der Waals surface area contributed by atoms with Gasteiger partial charge in [0.25, 0.3) is 0 Å². The van der Waals surface area contributed by atoms with E-state index in [0.29, 0.717) is 12.1 Å². The molecule has 0 aliphatic heterocycles. The third-order valence-electron chi connectivity index (χ3n) is 2.68. The quantitative estimate of drug-likeness (QED) is 0.886. The molecule has 0 amide bonds. The lowest BCUT2D eigenvalue weighted by atomic mass is 10.1. The lowest BCUT2D eigenvalue weighted by molar-refractivity contribution is 0.590. The molecular weight excluding hydrogens is 233 g/mol. The SMILES string of the molecule is Cc1cnc(=O)n(Cc2ccc(CN)cc2F)c1. The van der Waals surface area contributed by atoms with E-state index in [1.54, 1.807) is 18.3 Å². The molecule has 2 rings (SSSR count). The molecule has 0 saturated carbocycles. The topological polar surface area (TPSA) is 60.9 Å². The zero-order chi connectivity index (χ0) is 13.1. The molecule has 0 spiro atoms. The second kappa shape index (κ2) is 5.10. The predicted molar refractivity (Wildman–Crippen MR) is 66.6 cm³/mol. The Labute approximate surface area is 104 Å². The normalized spacial score (nSPS) is 10.6. The summed E-state index contributed by atoms with van der Waals surface area (Å²) < 4.78 is 15.1. The van der Waals surface area contributed by atoms with Crippen molar-refractivity contribution < 1.29 is 4.39 Å². The Morgan fingerprint density at radius 1 is 1.44 bits per heavy atom. The van der Waals surface area contributed by atoms with Gasteiger partial charge in [0, 0.05) is 24.5 Å². The molecule has 18 heavy (non-hydrogen) atoms. The molecule has 0 unspecified atom stereocenters. The molecule has 0 saturated heterocycles. The molecular formula is C13H14FN3O. The number of hydrogen-bond acceptors (Lipinski definition) is 3. The van der Waals surface area contributed by atoms with Crippen molar-refractivity contribution in [3.8, 4) is 0 Å². The molecule has 4 nitrogen and oxygen atoms in total. The minimum Gasteiger partial charge on any atom is -0.326 e. The molecule has 0 aliphatic carbocycles. The van der Waals surface area contributed by atoms with Crippen LogP contribution in [0.4, 0.5) is 4.39 Å². The molecule has 1 aromatic heterocycles. The van der Waals surface area contributed by atoms with Crippen molar-refractivity contribution in [2.45, 2.75) is 20.0 Å². The Kier molecular flexibility index (Phi) is 3.53. The largest absolute Gasteiger partial charge is 0.347 e. The van der Waals surface area contributed by atoms with Crippen LogP contribution in [-0.4, -0.2) is 9.55 Å². The van der Waals surface area contributed by atoms with Crippen molar-refractivity contribution in [3.05, 3.63) is 63.6 Å². The van der Waals surface area contributed by atoms with Crippen molar-refractivity contribution >= 4 is 0 Å². The van der Waals surface area contributed by atoms with E-state index in [0.717, 1.165) is 11.1 Å². The van der Waals surface area contributed by atoms with E-state index in [4.69, 9.17) is 5.73 Å². The summed E-state index contributed by atoms with van der Waals surface area (Å²) in [6.07, 6.45) is 3.15. The molecule has 0 bridgehead atoms. The van der Waals surface area contributed by atoms with E-state index in [-0.39, 0.29) is 18.1 Å². The minimum atomic E-state index is -0.386. The molecule has 0 atom stereocenters. The van der Waals surface area contributed by atoms with Crippen LogP contribution in [0.3, 0.4) is 0 Å². The number of benzene rings is 1. The van der Waals surface area contributed by atoms with Crippen LogP contribution in [0.25, 0.3) is 0 Å². The Balaban J connectivity index is 2.34. The zero-order valence-corrected chi connectivity index (χ0v) is 10.1. The monoisotopic (exact) mass is 247 g/mol. The van der Waals surface area contributed by atoms with Gasteiger partial charge in [0.15, 0.2) is 0 Å². The highest BCUT2D eigenvalue weighted by Gasteiger charge is 2.05. The van der Waals surface area contributed by atoms with Gasteiger partial charge in [-0.1, -0.05) is 12.1 Å². The van der Waals surface area contributed by atoms with Gasteiger partial charge in [-0.05, 0) is 24.1 Å². The first kappa shape index (κ1) is 12.4. The van der Waals surface area contributed by atoms with E-state index >= 15 is 0 Å². The third-order valence-corrected chi connectivity index (χ3v) is 2.68. The highest BCUT2D eigenvalue weighted by molar-refractivity contribution is 5.24. The lowest BCUT2D eigenvalue weighted by Crippen LogP contribution is -2.23. The van der Waals surface area contributed by atoms with Crippen molar-refractivity contribution in [1.82, 2.24) is 9.55 Å². The first-order chi connectivity index (χ1) is 8.60. The van der Waals surface area contributed by atoms with Gasteiger partial charge in [-0.25, -0.2) is 14.2 Å². The van der Waals surface area contributed by atoms with Gasteiger partial charge >= 0.3 is 5.69 Å². The summed E-state index contributed by atoms with van der Waals surface area (Å²) in [6, 6.07) is 4.79. The summed E-state index contributed by atoms with van der Waals surface area (Å²) >= 11 is 0. The Morgan fingerprint density at radius 2 is 2.22 bits per heavy atom. The maximum absolute atomic E-state index is 13.8. The first-order valence-corrected chi connectivity index (χ1v) is 5.60. The van der Waals surface area contributed by atoms with Gasteiger partial charge in [-0.3, -0.25) is 4.57 Å². The van der Waals surface area contributed by atoms with Crippen LogP contribution < -0.4 is 11.4 Å².